The molecule has 110 valence electrons. The number of thiophene rings is 1. The lowest BCUT2D eigenvalue weighted by atomic mass is 10.2. The van der Waals surface area contributed by atoms with Crippen LogP contribution in [0.1, 0.15) is 15.2 Å². The summed E-state index contributed by atoms with van der Waals surface area (Å²) in [5.74, 6) is -0.231. The number of hydrazone groups is 1. The standard InChI is InChI=1S/C16H12BrN3OS/c17-15-8-7-14(22-15)11-18-19-16(21)12-3-5-13(6-4-12)20-9-1-2-10-20/h1-11H,(H,19,21). The highest BCUT2D eigenvalue weighted by atomic mass is 79.9. The van der Waals surface area contributed by atoms with Gasteiger partial charge in [0.05, 0.1) is 10.0 Å². The highest BCUT2D eigenvalue weighted by Crippen LogP contribution is 2.20. The fourth-order valence-electron chi connectivity index (χ4n) is 1.91. The molecule has 0 atom stereocenters. The molecule has 2 heterocycles. The van der Waals surface area contributed by atoms with Crippen LogP contribution in [0.3, 0.4) is 0 Å². The summed E-state index contributed by atoms with van der Waals surface area (Å²) in [6.45, 7) is 0. The Balaban J connectivity index is 1.64. The predicted molar refractivity (Wildman–Crippen MR) is 92.8 cm³/mol. The fourth-order valence-corrected chi connectivity index (χ4v) is 3.20. The SMILES string of the molecule is O=C(NN=Cc1ccc(Br)s1)c1ccc(-n2cccc2)cc1. The van der Waals surface area contributed by atoms with E-state index in [0.717, 1.165) is 14.4 Å². The zero-order valence-corrected chi connectivity index (χ0v) is 13.8. The van der Waals surface area contributed by atoms with Crippen LogP contribution in [0.4, 0.5) is 0 Å². The maximum absolute atomic E-state index is 12.0. The number of rotatable bonds is 4. The number of nitrogens with zero attached hydrogens (tertiary/aromatic N) is 2. The quantitative estimate of drug-likeness (QED) is 0.543. The van der Waals surface area contributed by atoms with Crippen molar-refractivity contribution in [3.63, 3.8) is 0 Å². The maximum Gasteiger partial charge on any atom is 0.271 e. The minimum Gasteiger partial charge on any atom is -0.324 e. The van der Waals surface area contributed by atoms with Crippen LogP contribution in [0.15, 0.2) is 69.8 Å². The predicted octanol–water partition coefficient (Wildman–Crippen LogP) is 4.07. The van der Waals surface area contributed by atoms with Gasteiger partial charge in [-0.2, -0.15) is 5.10 Å². The Morgan fingerprint density at radius 3 is 2.50 bits per heavy atom. The Morgan fingerprint density at radius 1 is 1.14 bits per heavy atom. The van der Waals surface area contributed by atoms with Crippen LogP contribution in [0.5, 0.6) is 0 Å². The Morgan fingerprint density at radius 2 is 1.86 bits per heavy atom. The van der Waals surface area contributed by atoms with E-state index in [1.54, 1.807) is 29.7 Å². The molecular weight excluding hydrogens is 362 g/mol. The van der Waals surface area contributed by atoms with E-state index in [0.29, 0.717) is 5.56 Å². The molecular formula is C16H12BrN3OS. The molecule has 0 saturated carbocycles. The van der Waals surface area contributed by atoms with Crippen LogP contribution in [0.25, 0.3) is 5.69 Å². The molecule has 0 saturated heterocycles. The highest BCUT2D eigenvalue weighted by molar-refractivity contribution is 9.11. The van der Waals surface area contributed by atoms with Crippen LogP contribution in [0.2, 0.25) is 0 Å². The Kier molecular flexibility index (Phi) is 4.50. The number of aromatic nitrogens is 1. The van der Waals surface area contributed by atoms with Gasteiger partial charge in [-0.1, -0.05) is 0 Å². The molecule has 3 rings (SSSR count). The van der Waals surface area contributed by atoms with Crippen LogP contribution in [-0.4, -0.2) is 16.7 Å². The lowest BCUT2D eigenvalue weighted by Gasteiger charge is -2.04. The van der Waals surface area contributed by atoms with Crippen LogP contribution >= 0.6 is 27.3 Å². The van der Waals surface area contributed by atoms with Gasteiger partial charge in [0.25, 0.3) is 5.91 Å². The van der Waals surface area contributed by atoms with Gasteiger partial charge in [0.2, 0.25) is 0 Å². The first-order chi connectivity index (χ1) is 10.7. The van der Waals surface area contributed by atoms with Gasteiger partial charge in [-0.25, -0.2) is 5.43 Å². The van der Waals surface area contributed by atoms with Crippen LogP contribution < -0.4 is 5.43 Å². The first kappa shape index (κ1) is 14.7. The lowest BCUT2D eigenvalue weighted by molar-refractivity contribution is 0.0955. The molecule has 0 aliphatic carbocycles. The smallest absolute Gasteiger partial charge is 0.271 e. The molecule has 4 nitrogen and oxygen atoms in total. The van der Waals surface area contributed by atoms with E-state index in [9.17, 15) is 4.79 Å². The first-order valence-corrected chi connectivity index (χ1v) is 8.15. The van der Waals surface area contributed by atoms with Crippen LogP contribution in [-0.2, 0) is 0 Å². The summed E-state index contributed by atoms with van der Waals surface area (Å²) >= 11 is 4.93. The monoisotopic (exact) mass is 373 g/mol. The third kappa shape index (κ3) is 3.52. The molecule has 0 aliphatic heterocycles. The zero-order chi connectivity index (χ0) is 15.4. The molecule has 0 radical (unpaired) electrons. The van der Waals surface area contributed by atoms with E-state index in [-0.39, 0.29) is 5.91 Å². The Hall–Kier alpha value is -2.18. The molecule has 0 bridgehead atoms. The van der Waals surface area contributed by atoms with Crippen molar-refractivity contribution >= 4 is 39.4 Å². The number of nitrogens with one attached hydrogen (secondary N) is 1. The van der Waals surface area contributed by atoms with Gasteiger partial charge in [0.1, 0.15) is 0 Å². The number of hydrogen-bond acceptors (Lipinski definition) is 3. The second kappa shape index (κ2) is 6.72. The molecule has 0 spiro atoms. The lowest BCUT2D eigenvalue weighted by Crippen LogP contribution is -2.17. The van der Waals surface area contributed by atoms with Crippen molar-refractivity contribution in [1.82, 2.24) is 9.99 Å². The summed E-state index contributed by atoms with van der Waals surface area (Å²) in [5, 5.41) is 3.96. The number of carbonyl (C=O) groups excluding carboxylic acids is 1. The second-order valence-corrected chi connectivity index (χ2v) is 6.97. The van der Waals surface area contributed by atoms with E-state index in [1.807, 2.05) is 53.4 Å². The zero-order valence-electron chi connectivity index (χ0n) is 11.4. The fraction of sp³-hybridized carbons (Fsp3) is 0. The molecule has 6 heteroatoms. The van der Waals surface area contributed by atoms with E-state index < -0.39 is 0 Å². The number of benzene rings is 1. The topological polar surface area (TPSA) is 46.4 Å². The van der Waals surface area contributed by atoms with Gasteiger partial charge < -0.3 is 4.57 Å². The first-order valence-electron chi connectivity index (χ1n) is 6.54. The number of halogens is 1. The summed E-state index contributed by atoms with van der Waals surface area (Å²) in [4.78, 5) is 13.0. The van der Waals surface area contributed by atoms with Crippen LogP contribution in [0, 0.1) is 0 Å². The Bertz CT molecular complexity index is 791. The molecule has 0 aliphatic rings. The molecule has 3 aromatic rings. The van der Waals surface area contributed by atoms with Gasteiger partial charge in [0.15, 0.2) is 0 Å². The van der Waals surface area contributed by atoms with Crippen molar-refractivity contribution in [2.45, 2.75) is 0 Å². The van der Waals surface area contributed by atoms with Gasteiger partial charge in [-0.05, 0) is 64.5 Å². The van der Waals surface area contributed by atoms with Crippen molar-refractivity contribution in [2.24, 2.45) is 5.10 Å². The van der Waals surface area contributed by atoms with Crippen molar-refractivity contribution < 1.29 is 4.79 Å². The summed E-state index contributed by atoms with van der Waals surface area (Å²) in [6.07, 6.45) is 5.54. The molecule has 1 N–H and O–H groups in total. The highest BCUT2D eigenvalue weighted by Gasteiger charge is 2.04. The minimum atomic E-state index is -0.231. The summed E-state index contributed by atoms with van der Waals surface area (Å²) in [5.41, 5.74) is 4.10. The minimum absolute atomic E-state index is 0.231. The Labute approximate surface area is 140 Å². The second-order valence-electron chi connectivity index (χ2n) is 4.48. The summed E-state index contributed by atoms with van der Waals surface area (Å²) in [7, 11) is 0. The van der Waals surface area contributed by atoms with Crippen molar-refractivity contribution in [3.8, 4) is 5.69 Å². The number of amides is 1. The molecule has 0 fully saturated rings. The molecule has 1 amide bonds. The molecule has 2 aromatic heterocycles. The third-order valence-electron chi connectivity index (χ3n) is 2.98. The van der Waals surface area contributed by atoms with Crippen molar-refractivity contribution in [2.75, 3.05) is 0 Å². The molecule has 1 aromatic carbocycles. The van der Waals surface area contributed by atoms with Gasteiger partial charge >= 0.3 is 0 Å². The van der Waals surface area contributed by atoms with E-state index >= 15 is 0 Å². The van der Waals surface area contributed by atoms with Gasteiger partial charge in [-0.3, -0.25) is 4.79 Å². The average Bonchev–Trinajstić information content (AvgIpc) is 3.19. The average molecular weight is 374 g/mol. The normalized spacial score (nSPS) is 11.0. The maximum atomic E-state index is 12.0. The van der Waals surface area contributed by atoms with Gasteiger partial charge in [0, 0.05) is 28.5 Å². The summed E-state index contributed by atoms with van der Waals surface area (Å²) in [6, 6.07) is 15.1. The number of carbonyl (C=O) groups is 1. The summed E-state index contributed by atoms with van der Waals surface area (Å²) < 4.78 is 3.01. The van der Waals surface area contributed by atoms with E-state index in [1.165, 1.54) is 0 Å². The molecule has 0 unspecified atom stereocenters. The van der Waals surface area contributed by atoms with Crippen molar-refractivity contribution in [3.05, 3.63) is 75.2 Å². The van der Waals surface area contributed by atoms with E-state index in [4.69, 9.17) is 0 Å². The van der Waals surface area contributed by atoms with E-state index in [2.05, 4.69) is 26.5 Å². The number of hydrogen-bond donors (Lipinski definition) is 1. The third-order valence-corrected chi connectivity index (χ3v) is 4.54. The van der Waals surface area contributed by atoms with Gasteiger partial charge in [-0.15, -0.1) is 11.3 Å². The van der Waals surface area contributed by atoms with Crippen molar-refractivity contribution in [1.29, 1.82) is 0 Å². The molecule has 22 heavy (non-hydrogen) atoms. The largest absolute Gasteiger partial charge is 0.324 e.